The molecule has 0 aliphatic rings. The molecule has 0 aliphatic heterocycles. The second kappa shape index (κ2) is 3.94. The van der Waals surface area contributed by atoms with Crippen molar-refractivity contribution in [2.75, 3.05) is 0 Å². The molecule has 2 rings (SSSR count). The van der Waals surface area contributed by atoms with Crippen molar-refractivity contribution in [2.45, 2.75) is 26.3 Å². The van der Waals surface area contributed by atoms with Gasteiger partial charge in [0, 0.05) is 17.9 Å². The predicted molar refractivity (Wildman–Crippen MR) is 68.0 cm³/mol. The standard InChI is InChI=1S/C13H14N2O3/c1-13(2,3)15-7-9(12(17)18)10(16)8-5-4-6-14-11(8)15/h4-7H,1-3H3,(H,17,18). The lowest BCUT2D eigenvalue weighted by molar-refractivity contribution is 0.0694. The molecule has 0 fully saturated rings. The van der Waals surface area contributed by atoms with Gasteiger partial charge in [-0.1, -0.05) is 0 Å². The summed E-state index contributed by atoms with van der Waals surface area (Å²) in [6, 6.07) is 3.22. The molecule has 2 aromatic rings. The minimum absolute atomic E-state index is 0.231. The fraction of sp³-hybridized carbons (Fsp3) is 0.308. The van der Waals surface area contributed by atoms with E-state index in [-0.39, 0.29) is 11.1 Å². The second-order valence-electron chi connectivity index (χ2n) is 5.09. The number of fused-ring (bicyclic) bond motifs is 1. The Labute approximate surface area is 104 Å². The van der Waals surface area contributed by atoms with Crippen molar-refractivity contribution in [3.8, 4) is 0 Å². The van der Waals surface area contributed by atoms with Gasteiger partial charge in [-0.15, -0.1) is 0 Å². The van der Waals surface area contributed by atoms with E-state index in [4.69, 9.17) is 5.11 Å². The van der Waals surface area contributed by atoms with Gasteiger partial charge in [-0.2, -0.15) is 0 Å². The van der Waals surface area contributed by atoms with E-state index in [0.717, 1.165) is 0 Å². The first-order valence-corrected chi connectivity index (χ1v) is 5.56. The van der Waals surface area contributed by atoms with Gasteiger partial charge in [-0.25, -0.2) is 9.78 Å². The van der Waals surface area contributed by atoms with Crippen LogP contribution in [0.15, 0.2) is 29.3 Å². The maximum atomic E-state index is 12.0. The maximum Gasteiger partial charge on any atom is 0.341 e. The van der Waals surface area contributed by atoms with Crippen LogP contribution in [0.4, 0.5) is 0 Å². The molecule has 5 nitrogen and oxygen atoms in total. The highest BCUT2D eigenvalue weighted by Crippen LogP contribution is 2.19. The molecule has 0 aromatic carbocycles. The molecule has 2 heterocycles. The van der Waals surface area contributed by atoms with Gasteiger partial charge >= 0.3 is 5.97 Å². The highest BCUT2D eigenvalue weighted by molar-refractivity contribution is 5.91. The highest BCUT2D eigenvalue weighted by atomic mass is 16.4. The Hall–Kier alpha value is -2.17. The SMILES string of the molecule is CC(C)(C)n1cc(C(=O)O)c(=O)c2cccnc21. The molecule has 5 heteroatoms. The molecular formula is C13H14N2O3. The first-order valence-electron chi connectivity index (χ1n) is 5.56. The second-order valence-corrected chi connectivity index (χ2v) is 5.09. The fourth-order valence-corrected chi connectivity index (χ4v) is 1.82. The number of nitrogens with zero attached hydrogens (tertiary/aromatic N) is 2. The Bertz CT molecular complexity index is 681. The molecule has 0 radical (unpaired) electrons. The summed E-state index contributed by atoms with van der Waals surface area (Å²) in [5, 5.41) is 9.41. The molecule has 2 aromatic heterocycles. The van der Waals surface area contributed by atoms with Gasteiger partial charge in [0.25, 0.3) is 0 Å². The first-order chi connectivity index (χ1) is 8.32. The summed E-state index contributed by atoms with van der Waals surface area (Å²) in [6.07, 6.45) is 2.95. The number of carboxylic acids is 1. The quantitative estimate of drug-likeness (QED) is 0.833. The lowest BCUT2D eigenvalue weighted by Crippen LogP contribution is -2.28. The minimum Gasteiger partial charge on any atom is -0.477 e. The average molecular weight is 246 g/mol. The molecule has 0 atom stereocenters. The van der Waals surface area contributed by atoms with E-state index in [1.54, 1.807) is 22.9 Å². The van der Waals surface area contributed by atoms with Crippen molar-refractivity contribution in [3.05, 3.63) is 40.3 Å². The smallest absolute Gasteiger partial charge is 0.341 e. The summed E-state index contributed by atoms with van der Waals surface area (Å²) in [5.74, 6) is -1.22. The van der Waals surface area contributed by atoms with Gasteiger partial charge in [-0.3, -0.25) is 4.79 Å². The van der Waals surface area contributed by atoms with Crippen LogP contribution in [0.3, 0.4) is 0 Å². The third kappa shape index (κ3) is 1.88. The molecule has 0 spiro atoms. The Kier molecular flexibility index (Phi) is 2.69. The average Bonchev–Trinajstić information content (AvgIpc) is 2.27. The third-order valence-corrected chi connectivity index (χ3v) is 2.72. The Morgan fingerprint density at radius 2 is 2.06 bits per heavy atom. The van der Waals surface area contributed by atoms with Crippen LogP contribution < -0.4 is 5.43 Å². The topological polar surface area (TPSA) is 72.2 Å². The highest BCUT2D eigenvalue weighted by Gasteiger charge is 2.21. The molecule has 94 valence electrons. The minimum atomic E-state index is -1.22. The number of carboxylic acid groups (broad SMARTS) is 1. The molecule has 0 saturated carbocycles. The van der Waals surface area contributed by atoms with Crippen molar-refractivity contribution in [1.29, 1.82) is 0 Å². The summed E-state index contributed by atoms with van der Waals surface area (Å²) >= 11 is 0. The fourth-order valence-electron chi connectivity index (χ4n) is 1.82. The van der Waals surface area contributed by atoms with Crippen molar-refractivity contribution in [3.63, 3.8) is 0 Å². The van der Waals surface area contributed by atoms with Crippen LogP contribution in [0.25, 0.3) is 11.0 Å². The van der Waals surface area contributed by atoms with E-state index in [1.807, 2.05) is 20.8 Å². The van der Waals surface area contributed by atoms with E-state index < -0.39 is 11.4 Å². The number of rotatable bonds is 1. The van der Waals surface area contributed by atoms with Crippen molar-refractivity contribution >= 4 is 17.0 Å². The van der Waals surface area contributed by atoms with Gasteiger partial charge < -0.3 is 9.67 Å². The summed E-state index contributed by atoms with van der Waals surface area (Å²) in [6.45, 7) is 5.78. The number of hydrogen-bond acceptors (Lipinski definition) is 3. The van der Waals surface area contributed by atoms with E-state index >= 15 is 0 Å². The Morgan fingerprint density at radius 1 is 1.39 bits per heavy atom. The zero-order chi connectivity index (χ0) is 13.5. The summed E-state index contributed by atoms with van der Waals surface area (Å²) in [7, 11) is 0. The Morgan fingerprint density at radius 3 is 2.61 bits per heavy atom. The van der Waals surface area contributed by atoms with Crippen LogP contribution in [0, 0.1) is 0 Å². The number of hydrogen-bond donors (Lipinski definition) is 1. The van der Waals surface area contributed by atoms with Crippen LogP contribution in [-0.2, 0) is 5.54 Å². The van der Waals surface area contributed by atoms with Gasteiger partial charge in [0.1, 0.15) is 11.2 Å². The zero-order valence-corrected chi connectivity index (χ0v) is 10.5. The zero-order valence-electron chi connectivity index (χ0n) is 10.5. The largest absolute Gasteiger partial charge is 0.477 e. The van der Waals surface area contributed by atoms with E-state index in [1.165, 1.54) is 6.20 Å². The van der Waals surface area contributed by atoms with Crippen LogP contribution >= 0.6 is 0 Å². The van der Waals surface area contributed by atoms with Crippen molar-refractivity contribution < 1.29 is 9.90 Å². The molecule has 0 saturated heterocycles. The molecule has 18 heavy (non-hydrogen) atoms. The first kappa shape index (κ1) is 12.3. The lowest BCUT2D eigenvalue weighted by Gasteiger charge is -2.25. The van der Waals surface area contributed by atoms with Gasteiger partial charge in [-0.05, 0) is 32.9 Å². The number of aromatic nitrogens is 2. The third-order valence-electron chi connectivity index (χ3n) is 2.72. The summed E-state index contributed by atoms with van der Waals surface area (Å²) < 4.78 is 1.72. The molecule has 0 bridgehead atoms. The molecule has 1 N–H and O–H groups in total. The normalized spacial score (nSPS) is 11.7. The summed E-state index contributed by atoms with van der Waals surface area (Å²) in [5.41, 5.74) is -0.582. The van der Waals surface area contributed by atoms with E-state index in [0.29, 0.717) is 11.0 Å². The van der Waals surface area contributed by atoms with E-state index in [2.05, 4.69) is 4.98 Å². The Balaban J connectivity index is 2.99. The van der Waals surface area contributed by atoms with Gasteiger partial charge in [0.05, 0.1) is 5.39 Å². The number of carbonyl (C=O) groups is 1. The number of pyridine rings is 2. The molecular weight excluding hydrogens is 232 g/mol. The number of aromatic carboxylic acids is 1. The molecule has 0 amide bonds. The van der Waals surface area contributed by atoms with Crippen molar-refractivity contribution in [2.24, 2.45) is 0 Å². The van der Waals surface area contributed by atoms with Crippen LogP contribution in [-0.4, -0.2) is 20.6 Å². The maximum absolute atomic E-state index is 12.0. The van der Waals surface area contributed by atoms with Crippen LogP contribution in [0.5, 0.6) is 0 Å². The monoisotopic (exact) mass is 246 g/mol. The van der Waals surface area contributed by atoms with Crippen LogP contribution in [0.2, 0.25) is 0 Å². The van der Waals surface area contributed by atoms with Gasteiger partial charge in [0.2, 0.25) is 5.43 Å². The molecule has 0 unspecified atom stereocenters. The lowest BCUT2D eigenvalue weighted by atomic mass is 10.1. The van der Waals surface area contributed by atoms with E-state index in [9.17, 15) is 9.59 Å². The van der Waals surface area contributed by atoms with Crippen molar-refractivity contribution in [1.82, 2.24) is 9.55 Å². The predicted octanol–water partition coefficient (Wildman–Crippen LogP) is 1.85. The van der Waals surface area contributed by atoms with Crippen LogP contribution in [0.1, 0.15) is 31.1 Å². The van der Waals surface area contributed by atoms with Gasteiger partial charge in [0.15, 0.2) is 0 Å². The molecule has 0 aliphatic carbocycles. The summed E-state index contributed by atoms with van der Waals surface area (Å²) in [4.78, 5) is 27.3.